The molecule has 5 aromatic rings. The number of nitrogens with one attached hydrogen (secondary N) is 2. The summed E-state index contributed by atoms with van der Waals surface area (Å²) in [5.41, 5.74) is 13.7. The molecule has 0 aliphatic carbocycles. The largest absolute Gasteiger partial charge is 0.383 e. The number of nitrogens with zero attached hydrogens (tertiary/aromatic N) is 3. The summed E-state index contributed by atoms with van der Waals surface area (Å²) in [6, 6.07) is 19.5. The number of pyridine rings is 2. The number of anilines is 1. The fraction of sp³-hybridized carbons (Fsp3) is 0.281. The van der Waals surface area contributed by atoms with Crippen LogP contribution >= 0.6 is 0 Å². The van der Waals surface area contributed by atoms with Gasteiger partial charge in [0.05, 0.1) is 11.4 Å². The van der Waals surface area contributed by atoms with Gasteiger partial charge < -0.3 is 16.1 Å². The van der Waals surface area contributed by atoms with Gasteiger partial charge in [-0.25, -0.2) is 4.98 Å². The Labute approximate surface area is 223 Å². The summed E-state index contributed by atoms with van der Waals surface area (Å²) in [6.45, 7) is 7.50. The number of likely N-dealkylation sites (tertiary alicyclic amines) is 1. The maximum atomic E-state index is 7.92. The highest BCUT2D eigenvalue weighted by atomic mass is 15.1. The number of nitrogen functional groups attached to an aromatic ring is 1. The first-order valence-corrected chi connectivity index (χ1v) is 13.5. The lowest BCUT2D eigenvalue weighted by Gasteiger charge is -2.32. The molecule has 0 amide bonds. The maximum Gasteiger partial charge on any atom is 0.132 e. The van der Waals surface area contributed by atoms with E-state index in [9.17, 15) is 0 Å². The number of benzene rings is 2. The molecule has 0 bridgehead atoms. The molecular weight excluding hydrogens is 468 g/mol. The van der Waals surface area contributed by atoms with Gasteiger partial charge in [0.25, 0.3) is 0 Å². The Morgan fingerprint density at radius 3 is 2.61 bits per heavy atom. The molecule has 3 aromatic heterocycles. The van der Waals surface area contributed by atoms with Crippen molar-refractivity contribution in [3.05, 3.63) is 89.4 Å². The first kappa shape index (κ1) is 24.3. The van der Waals surface area contributed by atoms with Gasteiger partial charge in [-0.2, -0.15) is 0 Å². The molecule has 6 heteroatoms. The second kappa shape index (κ2) is 10.0. The molecule has 192 valence electrons. The zero-order valence-electron chi connectivity index (χ0n) is 22.0. The second-order valence-corrected chi connectivity index (χ2v) is 10.7. The van der Waals surface area contributed by atoms with Crippen molar-refractivity contribution in [1.29, 1.82) is 5.41 Å². The molecule has 0 spiro atoms. The van der Waals surface area contributed by atoms with Gasteiger partial charge in [-0.1, -0.05) is 44.2 Å². The molecule has 0 unspecified atom stereocenters. The molecule has 4 N–H and O–H groups in total. The van der Waals surface area contributed by atoms with Crippen LogP contribution in [0.2, 0.25) is 0 Å². The Morgan fingerprint density at radius 2 is 1.82 bits per heavy atom. The Hall–Kier alpha value is -4.03. The molecule has 0 saturated carbocycles. The first-order valence-electron chi connectivity index (χ1n) is 13.5. The number of H-pyrrole nitrogens is 1. The zero-order chi connectivity index (χ0) is 26.2. The van der Waals surface area contributed by atoms with Gasteiger partial charge in [0.2, 0.25) is 0 Å². The van der Waals surface area contributed by atoms with Gasteiger partial charge in [-0.15, -0.1) is 0 Å². The van der Waals surface area contributed by atoms with Crippen LogP contribution < -0.4 is 5.73 Å². The summed E-state index contributed by atoms with van der Waals surface area (Å²) in [4.78, 5) is 15.1. The SMILES string of the molecule is CC(C)c1c(-c2ccnc(N)c2C=N)[nH]c2ccc(C3CCN(Cc4nccc5ccccc45)CC3)cc12. The minimum Gasteiger partial charge on any atom is -0.383 e. The van der Waals surface area contributed by atoms with Crippen LogP contribution in [0.1, 0.15) is 60.9 Å². The highest BCUT2D eigenvalue weighted by Crippen LogP contribution is 2.39. The van der Waals surface area contributed by atoms with Gasteiger partial charge in [-0.3, -0.25) is 9.88 Å². The van der Waals surface area contributed by atoms with E-state index >= 15 is 0 Å². The number of nitrogens with two attached hydrogens (primary N) is 1. The quantitative estimate of drug-likeness (QED) is 0.221. The first-order chi connectivity index (χ1) is 18.5. The topological polar surface area (TPSA) is 94.7 Å². The molecular formula is C32H34N6. The van der Waals surface area contributed by atoms with Crippen LogP contribution in [-0.4, -0.2) is 39.2 Å². The van der Waals surface area contributed by atoms with Crippen molar-refractivity contribution >= 4 is 33.7 Å². The standard InChI is InChI=1S/C32H34N6/c1-20(2)30-26-17-23(7-8-28(26)37-31(30)25-10-14-36-32(34)27(25)18-33)21-11-15-38(16-12-21)19-29-24-6-4-3-5-22(24)9-13-35-29/h3-10,13-14,17-18,20-21,33,37H,11-12,15-16,19H2,1-2H3,(H2,34,36). The van der Waals surface area contributed by atoms with Crippen molar-refractivity contribution in [1.82, 2.24) is 19.9 Å². The average Bonchev–Trinajstić information content (AvgIpc) is 3.32. The van der Waals surface area contributed by atoms with Crippen LogP contribution in [0.15, 0.2) is 67.0 Å². The van der Waals surface area contributed by atoms with Crippen molar-refractivity contribution in [3.8, 4) is 11.3 Å². The van der Waals surface area contributed by atoms with E-state index < -0.39 is 0 Å². The number of piperidine rings is 1. The Kier molecular flexibility index (Phi) is 6.42. The van der Waals surface area contributed by atoms with Crippen molar-refractivity contribution in [2.24, 2.45) is 0 Å². The lowest BCUT2D eigenvalue weighted by molar-refractivity contribution is 0.203. The number of hydrogen-bond donors (Lipinski definition) is 3. The zero-order valence-corrected chi connectivity index (χ0v) is 22.0. The van der Waals surface area contributed by atoms with Gasteiger partial charge in [0.1, 0.15) is 5.82 Å². The van der Waals surface area contributed by atoms with E-state index in [-0.39, 0.29) is 0 Å². The van der Waals surface area contributed by atoms with Crippen LogP contribution in [0.4, 0.5) is 5.82 Å². The van der Waals surface area contributed by atoms with Crippen LogP contribution in [0.25, 0.3) is 32.9 Å². The highest BCUT2D eigenvalue weighted by molar-refractivity contribution is 5.98. The monoisotopic (exact) mass is 502 g/mol. The van der Waals surface area contributed by atoms with Gasteiger partial charge in [0, 0.05) is 52.6 Å². The predicted octanol–water partition coefficient (Wildman–Crippen LogP) is 6.86. The molecule has 0 radical (unpaired) electrons. The molecule has 0 atom stereocenters. The second-order valence-electron chi connectivity index (χ2n) is 10.7. The minimum atomic E-state index is 0.317. The summed E-state index contributed by atoms with van der Waals surface area (Å²) in [5.74, 6) is 1.25. The van der Waals surface area contributed by atoms with Crippen LogP contribution in [-0.2, 0) is 6.54 Å². The normalized spacial score (nSPS) is 15.0. The molecule has 4 heterocycles. The molecule has 1 saturated heterocycles. The smallest absolute Gasteiger partial charge is 0.132 e. The van der Waals surface area contributed by atoms with E-state index in [1.165, 1.54) is 39.2 Å². The fourth-order valence-corrected chi connectivity index (χ4v) is 6.10. The fourth-order valence-electron chi connectivity index (χ4n) is 6.10. The third-order valence-corrected chi connectivity index (χ3v) is 8.06. The third-order valence-electron chi connectivity index (χ3n) is 8.06. The summed E-state index contributed by atoms with van der Waals surface area (Å²) < 4.78 is 0. The number of rotatable bonds is 6. The summed E-state index contributed by atoms with van der Waals surface area (Å²) in [6.07, 6.45) is 7.25. The Balaban J connectivity index is 1.26. The van der Waals surface area contributed by atoms with Crippen LogP contribution in [0.5, 0.6) is 0 Å². The average molecular weight is 503 g/mol. The van der Waals surface area contributed by atoms with E-state index in [2.05, 4.69) is 77.2 Å². The van der Waals surface area contributed by atoms with Crippen LogP contribution in [0, 0.1) is 5.41 Å². The van der Waals surface area contributed by atoms with Gasteiger partial charge in [-0.05, 0) is 78.5 Å². The van der Waals surface area contributed by atoms with E-state index in [1.54, 1.807) is 6.20 Å². The van der Waals surface area contributed by atoms with Crippen molar-refractivity contribution in [2.75, 3.05) is 18.8 Å². The van der Waals surface area contributed by atoms with Gasteiger partial charge >= 0.3 is 0 Å². The van der Waals surface area contributed by atoms with E-state index in [0.717, 1.165) is 49.2 Å². The predicted molar refractivity (Wildman–Crippen MR) is 157 cm³/mol. The number of hydrogen-bond acceptors (Lipinski definition) is 5. The summed E-state index contributed by atoms with van der Waals surface area (Å²) in [5, 5.41) is 11.7. The van der Waals surface area contributed by atoms with E-state index in [0.29, 0.717) is 23.2 Å². The lowest BCUT2D eigenvalue weighted by Crippen LogP contribution is -2.32. The lowest BCUT2D eigenvalue weighted by atomic mass is 9.87. The highest BCUT2D eigenvalue weighted by Gasteiger charge is 2.24. The number of aromatic amines is 1. The molecule has 1 aliphatic rings. The van der Waals surface area contributed by atoms with E-state index in [4.69, 9.17) is 16.1 Å². The molecule has 1 aliphatic heterocycles. The molecule has 6 nitrogen and oxygen atoms in total. The van der Waals surface area contributed by atoms with Crippen LogP contribution in [0.3, 0.4) is 0 Å². The van der Waals surface area contributed by atoms with Crippen molar-refractivity contribution < 1.29 is 0 Å². The molecule has 6 rings (SSSR count). The molecule has 2 aromatic carbocycles. The minimum absolute atomic E-state index is 0.317. The Bertz CT molecular complexity index is 1620. The maximum absolute atomic E-state index is 7.92. The van der Waals surface area contributed by atoms with Crippen molar-refractivity contribution in [3.63, 3.8) is 0 Å². The number of fused-ring (bicyclic) bond motifs is 2. The van der Waals surface area contributed by atoms with E-state index in [1.807, 2.05) is 12.3 Å². The summed E-state index contributed by atoms with van der Waals surface area (Å²) >= 11 is 0. The Morgan fingerprint density at radius 1 is 1.03 bits per heavy atom. The third kappa shape index (κ3) is 4.35. The summed E-state index contributed by atoms with van der Waals surface area (Å²) in [7, 11) is 0. The number of aromatic nitrogens is 3. The van der Waals surface area contributed by atoms with Gasteiger partial charge in [0.15, 0.2) is 0 Å². The molecule has 38 heavy (non-hydrogen) atoms. The molecule has 1 fully saturated rings. The van der Waals surface area contributed by atoms with Crippen molar-refractivity contribution in [2.45, 2.75) is 45.1 Å².